The Balaban J connectivity index is 2.18. The Hall–Kier alpha value is -1.42. The van der Waals surface area contributed by atoms with Crippen LogP contribution >= 0.6 is 11.3 Å². The molecule has 2 aromatic rings. The SMILES string of the molecule is Cc1cc(C(C)Nc2ccc(F)c(F)c2)c(C)s1. The lowest BCUT2D eigenvalue weighted by atomic mass is 10.1. The van der Waals surface area contributed by atoms with Crippen LogP contribution in [0, 0.1) is 25.5 Å². The molecule has 0 aliphatic carbocycles. The number of nitrogens with one attached hydrogen (secondary N) is 1. The predicted octanol–water partition coefficient (Wildman–Crippen LogP) is 4.82. The maximum absolute atomic E-state index is 13.1. The number of rotatable bonds is 3. The van der Waals surface area contributed by atoms with Gasteiger partial charge in [0.15, 0.2) is 11.6 Å². The number of aryl methyl sites for hydroxylation is 2. The summed E-state index contributed by atoms with van der Waals surface area (Å²) in [6.07, 6.45) is 0. The number of anilines is 1. The molecule has 0 bridgehead atoms. The van der Waals surface area contributed by atoms with Crippen LogP contribution < -0.4 is 5.32 Å². The second-order valence-corrected chi connectivity index (χ2v) is 5.82. The molecule has 0 aliphatic heterocycles. The first kappa shape index (κ1) is 13.0. The minimum absolute atomic E-state index is 0.0693. The van der Waals surface area contributed by atoms with Crippen LogP contribution in [0.25, 0.3) is 0 Å². The smallest absolute Gasteiger partial charge is 0.160 e. The minimum atomic E-state index is -0.828. The van der Waals surface area contributed by atoms with Gasteiger partial charge in [0.2, 0.25) is 0 Å². The van der Waals surface area contributed by atoms with Crippen molar-refractivity contribution in [2.45, 2.75) is 26.8 Å². The van der Waals surface area contributed by atoms with E-state index in [1.54, 1.807) is 17.4 Å². The molecule has 0 saturated heterocycles. The van der Waals surface area contributed by atoms with E-state index in [-0.39, 0.29) is 6.04 Å². The largest absolute Gasteiger partial charge is 0.378 e. The van der Waals surface area contributed by atoms with E-state index in [0.29, 0.717) is 5.69 Å². The summed E-state index contributed by atoms with van der Waals surface area (Å²) in [5.74, 6) is -1.65. The maximum atomic E-state index is 13.1. The average molecular weight is 267 g/mol. The molecule has 1 atom stereocenters. The average Bonchev–Trinajstić information content (AvgIpc) is 2.63. The molecule has 1 aromatic heterocycles. The van der Waals surface area contributed by atoms with Crippen molar-refractivity contribution in [1.29, 1.82) is 0 Å². The molecule has 0 fully saturated rings. The van der Waals surface area contributed by atoms with Crippen molar-refractivity contribution in [3.8, 4) is 0 Å². The normalized spacial score (nSPS) is 12.5. The number of hydrogen-bond acceptors (Lipinski definition) is 2. The zero-order valence-electron chi connectivity index (χ0n) is 10.6. The van der Waals surface area contributed by atoms with Crippen molar-refractivity contribution in [2.24, 2.45) is 0 Å². The fraction of sp³-hybridized carbons (Fsp3) is 0.286. The number of benzene rings is 1. The second-order valence-electron chi connectivity index (χ2n) is 4.36. The summed E-state index contributed by atoms with van der Waals surface area (Å²) in [5, 5.41) is 3.18. The standard InChI is InChI=1S/C14H15F2NS/c1-8-6-12(10(3)18-8)9(2)17-11-4-5-13(15)14(16)7-11/h4-7,9,17H,1-3H3. The summed E-state index contributed by atoms with van der Waals surface area (Å²) in [6.45, 7) is 6.14. The molecule has 1 nitrogen and oxygen atoms in total. The summed E-state index contributed by atoms with van der Waals surface area (Å²) in [4.78, 5) is 2.50. The van der Waals surface area contributed by atoms with Gasteiger partial charge in [-0.15, -0.1) is 11.3 Å². The van der Waals surface area contributed by atoms with E-state index in [0.717, 1.165) is 6.07 Å². The lowest BCUT2D eigenvalue weighted by Gasteiger charge is -2.15. The molecule has 1 unspecified atom stereocenters. The van der Waals surface area contributed by atoms with Gasteiger partial charge < -0.3 is 5.32 Å². The van der Waals surface area contributed by atoms with Crippen molar-refractivity contribution in [3.63, 3.8) is 0 Å². The Morgan fingerprint density at radius 3 is 2.39 bits per heavy atom. The van der Waals surface area contributed by atoms with Gasteiger partial charge in [-0.3, -0.25) is 0 Å². The van der Waals surface area contributed by atoms with Gasteiger partial charge in [-0.1, -0.05) is 0 Å². The fourth-order valence-electron chi connectivity index (χ4n) is 1.99. The maximum Gasteiger partial charge on any atom is 0.160 e. The minimum Gasteiger partial charge on any atom is -0.378 e. The Morgan fingerprint density at radius 2 is 1.83 bits per heavy atom. The van der Waals surface area contributed by atoms with E-state index in [9.17, 15) is 8.78 Å². The molecule has 1 N–H and O–H groups in total. The summed E-state index contributed by atoms with van der Waals surface area (Å²) in [7, 11) is 0. The third-order valence-electron chi connectivity index (χ3n) is 2.85. The van der Waals surface area contributed by atoms with Gasteiger partial charge in [0.1, 0.15) is 0 Å². The summed E-state index contributed by atoms with van der Waals surface area (Å²) < 4.78 is 25.9. The molecule has 2 rings (SSSR count). The molecule has 4 heteroatoms. The quantitative estimate of drug-likeness (QED) is 0.841. The van der Waals surface area contributed by atoms with E-state index in [1.165, 1.54) is 21.4 Å². The van der Waals surface area contributed by atoms with Crippen LogP contribution in [0.1, 0.15) is 28.3 Å². The van der Waals surface area contributed by atoms with Crippen LogP contribution in [0.15, 0.2) is 24.3 Å². The zero-order valence-corrected chi connectivity index (χ0v) is 11.4. The zero-order chi connectivity index (χ0) is 13.3. The summed E-state index contributed by atoms with van der Waals surface area (Å²) >= 11 is 1.74. The Bertz CT molecular complexity index is 563. The fourth-order valence-corrected chi connectivity index (χ4v) is 3.02. The highest BCUT2D eigenvalue weighted by molar-refractivity contribution is 7.12. The topological polar surface area (TPSA) is 12.0 Å². The monoisotopic (exact) mass is 267 g/mol. The molecule has 96 valence electrons. The number of halogens is 2. The van der Waals surface area contributed by atoms with Crippen LogP contribution in [0.3, 0.4) is 0 Å². The van der Waals surface area contributed by atoms with Crippen LogP contribution in [0.2, 0.25) is 0 Å². The predicted molar refractivity (Wildman–Crippen MR) is 72.2 cm³/mol. The van der Waals surface area contributed by atoms with Gasteiger partial charge >= 0.3 is 0 Å². The van der Waals surface area contributed by atoms with Gasteiger partial charge in [-0.25, -0.2) is 8.78 Å². The highest BCUT2D eigenvalue weighted by Gasteiger charge is 2.12. The van der Waals surface area contributed by atoms with E-state index in [4.69, 9.17) is 0 Å². The Kier molecular flexibility index (Phi) is 3.66. The van der Waals surface area contributed by atoms with Crippen LogP contribution in [0.4, 0.5) is 14.5 Å². The summed E-state index contributed by atoms with van der Waals surface area (Å²) in [5.41, 5.74) is 1.78. The number of thiophene rings is 1. The molecular weight excluding hydrogens is 252 g/mol. The van der Waals surface area contributed by atoms with Crippen molar-refractivity contribution in [3.05, 3.63) is 51.2 Å². The van der Waals surface area contributed by atoms with Gasteiger partial charge in [0.25, 0.3) is 0 Å². The molecule has 0 spiro atoms. The van der Waals surface area contributed by atoms with Crippen molar-refractivity contribution in [2.75, 3.05) is 5.32 Å². The molecule has 0 aliphatic rings. The highest BCUT2D eigenvalue weighted by atomic mass is 32.1. The Labute approximate surface area is 109 Å². The van der Waals surface area contributed by atoms with Crippen LogP contribution in [-0.2, 0) is 0 Å². The van der Waals surface area contributed by atoms with Crippen molar-refractivity contribution < 1.29 is 8.78 Å². The Morgan fingerprint density at radius 1 is 1.11 bits per heavy atom. The lowest BCUT2D eigenvalue weighted by Crippen LogP contribution is -2.07. The van der Waals surface area contributed by atoms with E-state index < -0.39 is 11.6 Å². The molecule has 18 heavy (non-hydrogen) atoms. The number of hydrogen-bond donors (Lipinski definition) is 1. The molecule has 0 radical (unpaired) electrons. The summed E-state index contributed by atoms with van der Waals surface area (Å²) in [6, 6.07) is 6.05. The molecule has 1 aromatic carbocycles. The van der Waals surface area contributed by atoms with Gasteiger partial charge in [-0.05, 0) is 44.5 Å². The van der Waals surface area contributed by atoms with Crippen molar-refractivity contribution >= 4 is 17.0 Å². The van der Waals surface area contributed by atoms with Gasteiger partial charge in [0.05, 0.1) is 0 Å². The molecular formula is C14H15F2NS. The van der Waals surface area contributed by atoms with E-state index in [1.807, 2.05) is 6.92 Å². The van der Waals surface area contributed by atoms with Crippen LogP contribution in [0.5, 0.6) is 0 Å². The van der Waals surface area contributed by atoms with Crippen LogP contribution in [-0.4, -0.2) is 0 Å². The van der Waals surface area contributed by atoms with Crippen molar-refractivity contribution in [1.82, 2.24) is 0 Å². The lowest BCUT2D eigenvalue weighted by molar-refractivity contribution is 0.509. The highest BCUT2D eigenvalue weighted by Crippen LogP contribution is 2.28. The third kappa shape index (κ3) is 2.70. The van der Waals surface area contributed by atoms with E-state index in [2.05, 4.69) is 25.2 Å². The first-order chi connectivity index (χ1) is 8.47. The van der Waals surface area contributed by atoms with Gasteiger partial charge in [-0.2, -0.15) is 0 Å². The van der Waals surface area contributed by atoms with E-state index >= 15 is 0 Å². The first-order valence-corrected chi connectivity index (χ1v) is 6.57. The van der Waals surface area contributed by atoms with Gasteiger partial charge in [0, 0.05) is 27.5 Å². The molecule has 0 amide bonds. The molecule has 1 heterocycles. The third-order valence-corrected chi connectivity index (χ3v) is 3.83. The first-order valence-electron chi connectivity index (χ1n) is 5.76. The molecule has 0 saturated carbocycles. The second kappa shape index (κ2) is 5.06.